The Kier molecular flexibility index (Phi) is 16.4. The van der Waals surface area contributed by atoms with Crippen LogP contribution in [0.1, 0.15) is 58.3 Å². The van der Waals surface area contributed by atoms with Crippen LogP contribution < -0.4 is 26.6 Å². The lowest BCUT2D eigenvalue weighted by atomic mass is 9.78. The Morgan fingerprint density at radius 2 is 1.65 bits per heavy atom. The van der Waals surface area contributed by atoms with E-state index in [-0.39, 0.29) is 72.0 Å². The molecule has 0 saturated carbocycles. The Morgan fingerprint density at radius 3 is 2.35 bits per heavy atom. The molecule has 7 rings (SSSR count). The van der Waals surface area contributed by atoms with Crippen LogP contribution in [0.2, 0.25) is 0 Å². The number of benzene rings is 1. The van der Waals surface area contributed by atoms with Crippen LogP contribution >= 0.6 is 0 Å². The Labute approximate surface area is 385 Å². The molecule has 0 radical (unpaired) electrons. The molecular formula is C47H66F2N12O5. The number of piperazine rings is 1. The Hall–Kier alpha value is -5.53. The number of hydrogen-bond acceptors (Lipinski definition) is 12. The van der Waals surface area contributed by atoms with Crippen molar-refractivity contribution in [3.63, 3.8) is 0 Å². The third kappa shape index (κ3) is 12.1. The molecule has 5 heterocycles. The van der Waals surface area contributed by atoms with Crippen LogP contribution in [0.15, 0.2) is 59.3 Å². The van der Waals surface area contributed by atoms with Gasteiger partial charge in [0.15, 0.2) is 0 Å². The summed E-state index contributed by atoms with van der Waals surface area (Å²) in [7, 11) is 1.67. The van der Waals surface area contributed by atoms with Crippen LogP contribution in [0.25, 0.3) is 0 Å². The zero-order valence-corrected chi connectivity index (χ0v) is 38.1. The molecule has 17 nitrogen and oxygen atoms in total. The van der Waals surface area contributed by atoms with Gasteiger partial charge in [-0.05, 0) is 62.3 Å². The average Bonchev–Trinajstić information content (AvgIpc) is 3.30. The summed E-state index contributed by atoms with van der Waals surface area (Å²) >= 11 is 0. The molecule has 358 valence electrons. The van der Waals surface area contributed by atoms with E-state index in [4.69, 9.17) is 5.41 Å². The van der Waals surface area contributed by atoms with Crippen LogP contribution in [-0.2, 0) is 24.0 Å². The smallest absolute Gasteiger partial charge is 0.264 e. The molecule has 5 fully saturated rings. The molecule has 0 aromatic heterocycles. The summed E-state index contributed by atoms with van der Waals surface area (Å²) < 4.78 is 29.1. The molecule has 5 unspecified atom stereocenters. The Morgan fingerprint density at radius 1 is 0.924 bits per heavy atom. The van der Waals surface area contributed by atoms with Crippen molar-refractivity contribution in [2.45, 2.75) is 88.9 Å². The van der Waals surface area contributed by atoms with Gasteiger partial charge in [0.05, 0.1) is 12.6 Å². The molecule has 66 heavy (non-hydrogen) atoms. The predicted molar refractivity (Wildman–Crippen MR) is 248 cm³/mol. The summed E-state index contributed by atoms with van der Waals surface area (Å²) in [5, 5.41) is 32.6. The van der Waals surface area contributed by atoms with Gasteiger partial charge in [-0.15, -0.1) is 0 Å². The SMILES string of the molecule is CN/C=C(\C=N)C1=CC2CCCN(C(=N)C3CN(C(C)=O)CCC3NC3CCN(C(=O)CCN4CCN(CC(=O)Nc5cccc(NC6CCC(=O)NC6=O)c5)CC4)CC3)C2C=C1C(F)F. The minimum atomic E-state index is -2.74. The molecule has 1 aliphatic carbocycles. The van der Waals surface area contributed by atoms with E-state index in [2.05, 4.69) is 36.4 Å². The summed E-state index contributed by atoms with van der Waals surface area (Å²) in [5.41, 5.74) is 1.90. The monoisotopic (exact) mass is 917 g/mol. The van der Waals surface area contributed by atoms with E-state index in [1.165, 1.54) is 0 Å². The fourth-order valence-electron chi connectivity index (χ4n) is 10.3. The highest BCUT2D eigenvalue weighted by Crippen LogP contribution is 2.39. The maximum absolute atomic E-state index is 14.6. The summed E-state index contributed by atoms with van der Waals surface area (Å²) in [6.45, 7) is 8.04. The van der Waals surface area contributed by atoms with E-state index in [0.29, 0.717) is 100.0 Å². The zero-order chi connectivity index (χ0) is 46.9. The number of allylic oxidation sites excluding steroid dienone is 3. The van der Waals surface area contributed by atoms with E-state index in [1.807, 2.05) is 21.9 Å². The lowest BCUT2D eigenvalue weighted by Crippen LogP contribution is -2.61. The van der Waals surface area contributed by atoms with Crippen molar-refractivity contribution in [2.24, 2.45) is 11.8 Å². The minimum absolute atomic E-state index is 0.0532. The first-order chi connectivity index (χ1) is 31.8. The first-order valence-corrected chi connectivity index (χ1v) is 23.5. The van der Waals surface area contributed by atoms with E-state index >= 15 is 0 Å². The lowest BCUT2D eigenvalue weighted by molar-refractivity contribution is -0.134. The molecule has 5 atom stereocenters. The van der Waals surface area contributed by atoms with Gasteiger partial charge in [0.25, 0.3) is 6.43 Å². The van der Waals surface area contributed by atoms with Crippen molar-refractivity contribution >= 4 is 53.0 Å². The first kappa shape index (κ1) is 48.4. The molecule has 5 amide bonds. The zero-order valence-electron chi connectivity index (χ0n) is 38.1. The Bertz CT molecular complexity index is 2080. The summed E-state index contributed by atoms with van der Waals surface area (Å²) in [6, 6.07) is 6.25. The number of nitrogens with one attached hydrogen (secondary N) is 7. The van der Waals surface area contributed by atoms with Gasteiger partial charge in [-0.3, -0.25) is 39.6 Å². The van der Waals surface area contributed by atoms with Crippen LogP contribution in [0.4, 0.5) is 20.2 Å². The molecule has 6 aliphatic rings. The molecule has 1 aromatic carbocycles. The lowest BCUT2D eigenvalue weighted by Gasteiger charge is -2.48. The topological polar surface area (TPSA) is 209 Å². The number of nitrogens with zero attached hydrogens (tertiary/aromatic N) is 5. The second-order valence-electron chi connectivity index (χ2n) is 18.3. The second kappa shape index (κ2) is 22.3. The van der Waals surface area contributed by atoms with Crippen LogP contribution in [-0.4, -0.2) is 176 Å². The highest BCUT2D eigenvalue weighted by molar-refractivity contribution is 6.01. The van der Waals surface area contributed by atoms with Gasteiger partial charge >= 0.3 is 0 Å². The normalized spacial score (nSPS) is 25.9. The number of fused-ring (bicyclic) bond motifs is 1. The minimum Gasteiger partial charge on any atom is -0.393 e. The largest absolute Gasteiger partial charge is 0.393 e. The van der Waals surface area contributed by atoms with Crippen molar-refractivity contribution in [1.82, 2.24) is 40.4 Å². The van der Waals surface area contributed by atoms with Gasteiger partial charge in [0.1, 0.15) is 11.9 Å². The van der Waals surface area contributed by atoms with E-state index in [0.717, 1.165) is 45.0 Å². The average molecular weight is 917 g/mol. The van der Waals surface area contributed by atoms with E-state index in [9.17, 15) is 38.2 Å². The maximum Gasteiger partial charge on any atom is 0.264 e. The molecule has 5 saturated heterocycles. The fourth-order valence-corrected chi connectivity index (χ4v) is 10.3. The number of halogens is 2. The molecule has 5 aliphatic heterocycles. The summed E-state index contributed by atoms with van der Waals surface area (Å²) in [5.74, 6) is -0.791. The number of carbonyl (C=O) groups excluding carboxylic acids is 5. The number of piperidine rings is 4. The van der Waals surface area contributed by atoms with Gasteiger partial charge in [-0.1, -0.05) is 18.2 Å². The van der Waals surface area contributed by atoms with Gasteiger partial charge in [-0.2, -0.15) is 0 Å². The number of amides is 5. The van der Waals surface area contributed by atoms with Crippen molar-refractivity contribution < 1.29 is 32.8 Å². The van der Waals surface area contributed by atoms with Gasteiger partial charge < -0.3 is 46.3 Å². The number of carbonyl (C=O) groups is 5. The maximum atomic E-state index is 14.6. The quantitative estimate of drug-likeness (QED) is 0.0774. The molecule has 7 N–H and O–H groups in total. The van der Waals surface area contributed by atoms with Crippen LogP contribution in [0.3, 0.4) is 0 Å². The summed E-state index contributed by atoms with van der Waals surface area (Å²) in [6.07, 6.45) is 8.20. The highest BCUT2D eigenvalue weighted by Gasteiger charge is 2.42. The molecule has 1 aromatic rings. The number of rotatable bonds is 15. The van der Waals surface area contributed by atoms with Crippen molar-refractivity contribution in [3.05, 3.63) is 59.3 Å². The standard InChI is InChI=1S/C47H66F2N12O5/c1-30(62)60-18-12-39(38(28-60)46(51)61-14-4-5-31-23-36(32(26-50)27-52-2)37(45(48)49)25-41(31)61)53-33-10-16-59(17-11-33)44(65)13-15-57-19-21-58(22-20-57)29-43(64)55-35-7-3-6-34(24-35)54-40-8-9-42(63)56-47(40)66/h3,6-7,23-27,31,33,38-41,45,50-54H,4-5,8-22,28-29H2,1-2H3,(H,55,64)(H,56,63,66)/b32-27+,50-26?,51-46?. The van der Waals surface area contributed by atoms with Gasteiger partial charge in [0.2, 0.25) is 29.5 Å². The second-order valence-corrected chi connectivity index (χ2v) is 18.3. The number of likely N-dealkylation sites (tertiary alicyclic amines) is 3. The number of imide groups is 1. The van der Waals surface area contributed by atoms with Gasteiger partial charge in [-0.25, -0.2) is 8.78 Å². The number of hydrogen-bond donors (Lipinski definition) is 7. The first-order valence-electron chi connectivity index (χ1n) is 23.5. The molecular weight excluding hydrogens is 851 g/mol. The van der Waals surface area contributed by atoms with Crippen LogP contribution in [0, 0.1) is 22.7 Å². The number of amidine groups is 1. The third-order valence-corrected chi connectivity index (χ3v) is 14.0. The van der Waals surface area contributed by atoms with E-state index in [1.54, 1.807) is 49.3 Å². The van der Waals surface area contributed by atoms with E-state index < -0.39 is 18.5 Å². The molecule has 19 heteroatoms. The summed E-state index contributed by atoms with van der Waals surface area (Å²) in [4.78, 5) is 72.7. The molecule has 0 bridgehead atoms. The Balaban J connectivity index is 0.852. The fraction of sp³-hybridized carbons (Fsp3) is 0.596. The molecule has 0 spiro atoms. The van der Waals surface area contributed by atoms with Crippen LogP contribution in [0.5, 0.6) is 0 Å². The highest BCUT2D eigenvalue weighted by atomic mass is 19.3. The predicted octanol–water partition coefficient (Wildman–Crippen LogP) is 2.61. The van der Waals surface area contributed by atoms with Gasteiger partial charge in [0, 0.05) is 151 Å². The number of anilines is 2. The van der Waals surface area contributed by atoms with Crippen molar-refractivity contribution in [2.75, 3.05) is 89.7 Å². The van der Waals surface area contributed by atoms with Crippen molar-refractivity contribution in [3.8, 4) is 0 Å². The number of alkyl halides is 2. The van der Waals surface area contributed by atoms with Crippen molar-refractivity contribution in [1.29, 1.82) is 10.8 Å². The third-order valence-electron chi connectivity index (χ3n) is 14.0.